The number of piperidine rings is 1. The Balaban J connectivity index is 2.35. The van der Waals surface area contributed by atoms with Gasteiger partial charge in [-0.1, -0.05) is 13.8 Å². The number of β-amino-alcohol motifs (C(OH)–C–C–N with tert-alkyl or cyclic N) is 1. The molecule has 0 aliphatic carbocycles. The minimum Gasteiger partial charge on any atom is -0.392 e. The van der Waals surface area contributed by atoms with E-state index < -0.39 is 0 Å². The van der Waals surface area contributed by atoms with Gasteiger partial charge in [-0.15, -0.1) is 0 Å². The summed E-state index contributed by atoms with van der Waals surface area (Å²) in [6.45, 7) is 7.45. The van der Waals surface area contributed by atoms with Gasteiger partial charge in [0.15, 0.2) is 0 Å². The van der Waals surface area contributed by atoms with E-state index >= 15 is 0 Å². The van der Waals surface area contributed by atoms with Crippen LogP contribution < -0.4 is 0 Å². The quantitative estimate of drug-likeness (QED) is 0.584. The van der Waals surface area contributed by atoms with Crippen LogP contribution in [0.2, 0.25) is 0 Å². The standard InChI is InChI=1S/C8H17NO/c1-3-9-5-7(2)4-8(10)6-9/h7-8,10H,3-6H2,1-2H3/t7-,8+/m0/s1. The fourth-order valence-corrected chi connectivity index (χ4v) is 1.69. The van der Waals surface area contributed by atoms with Crippen molar-refractivity contribution in [2.75, 3.05) is 19.6 Å². The third-order valence-electron chi connectivity index (χ3n) is 2.16. The molecule has 1 fully saturated rings. The van der Waals surface area contributed by atoms with Gasteiger partial charge in [0.05, 0.1) is 6.10 Å². The second-order valence-corrected chi connectivity index (χ2v) is 3.35. The van der Waals surface area contributed by atoms with E-state index in [1.807, 2.05) is 0 Å². The summed E-state index contributed by atoms with van der Waals surface area (Å²) in [5.74, 6) is 0.670. The van der Waals surface area contributed by atoms with E-state index in [1.54, 1.807) is 0 Å². The minimum atomic E-state index is -0.0799. The van der Waals surface area contributed by atoms with Crippen LogP contribution >= 0.6 is 0 Å². The lowest BCUT2D eigenvalue weighted by atomic mass is 9.98. The zero-order chi connectivity index (χ0) is 7.56. The zero-order valence-electron chi connectivity index (χ0n) is 6.88. The molecule has 0 bridgehead atoms. The van der Waals surface area contributed by atoms with Crippen LogP contribution in [0.15, 0.2) is 0 Å². The molecule has 0 saturated carbocycles. The Morgan fingerprint density at radius 1 is 1.50 bits per heavy atom. The Morgan fingerprint density at radius 2 is 2.20 bits per heavy atom. The van der Waals surface area contributed by atoms with Crippen LogP contribution in [0.4, 0.5) is 0 Å². The number of likely N-dealkylation sites (tertiary alicyclic amines) is 1. The van der Waals surface area contributed by atoms with Crippen LogP contribution in [0.3, 0.4) is 0 Å². The summed E-state index contributed by atoms with van der Waals surface area (Å²) in [5.41, 5.74) is 0. The molecule has 1 aliphatic rings. The van der Waals surface area contributed by atoms with Crippen molar-refractivity contribution in [3.63, 3.8) is 0 Å². The fourth-order valence-electron chi connectivity index (χ4n) is 1.69. The van der Waals surface area contributed by atoms with Gasteiger partial charge in [-0.3, -0.25) is 0 Å². The van der Waals surface area contributed by atoms with Gasteiger partial charge in [-0.2, -0.15) is 0 Å². The van der Waals surface area contributed by atoms with Crippen molar-refractivity contribution in [1.82, 2.24) is 4.90 Å². The van der Waals surface area contributed by atoms with Gasteiger partial charge in [0, 0.05) is 13.1 Å². The summed E-state index contributed by atoms with van der Waals surface area (Å²) in [5, 5.41) is 9.34. The Kier molecular flexibility index (Phi) is 2.69. The van der Waals surface area contributed by atoms with E-state index in [0.29, 0.717) is 5.92 Å². The molecular weight excluding hydrogens is 126 g/mol. The molecule has 2 atom stereocenters. The van der Waals surface area contributed by atoms with Crippen LogP contribution in [-0.2, 0) is 0 Å². The summed E-state index contributed by atoms with van der Waals surface area (Å²) in [4.78, 5) is 2.30. The first-order valence-corrected chi connectivity index (χ1v) is 4.12. The monoisotopic (exact) mass is 143 g/mol. The second kappa shape index (κ2) is 3.35. The molecule has 2 heteroatoms. The maximum absolute atomic E-state index is 9.34. The summed E-state index contributed by atoms with van der Waals surface area (Å²) < 4.78 is 0. The Hall–Kier alpha value is -0.0800. The topological polar surface area (TPSA) is 23.5 Å². The van der Waals surface area contributed by atoms with E-state index in [4.69, 9.17) is 0 Å². The molecule has 1 heterocycles. The number of hydrogen-bond acceptors (Lipinski definition) is 2. The molecule has 0 aromatic heterocycles. The molecule has 1 rings (SSSR count). The molecule has 60 valence electrons. The van der Waals surface area contributed by atoms with Gasteiger partial charge < -0.3 is 10.0 Å². The minimum absolute atomic E-state index is 0.0799. The van der Waals surface area contributed by atoms with Crippen LogP contribution in [0.5, 0.6) is 0 Å². The third kappa shape index (κ3) is 1.96. The molecule has 0 aromatic rings. The van der Waals surface area contributed by atoms with Crippen molar-refractivity contribution in [2.24, 2.45) is 5.92 Å². The van der Waals surface area contributed by atoms with Crippen LogP contribution in [0.25, 0.3) is 0 Å². The van der Waals surface area contributed by atoms with Crippen molar-refractivity contribution in [3.8, 4) is 0 Å². The molecule has 1 saturated heterocycles. The molecule has 1 N–H and O–H groups in total. The lowest BCUT2D eigenvalue weighted by Gasteiger charge is -2.33. The average molecular weight is 143 g/mol. The summed E-state index contributed by atoms with van der Waals surface area (Å²) in [7, 11) is 0. The lowest BCUT2D eigenvalue weighted by Crippen LogP contribution is -2.41. The first kappa shape index (κ1) is 8.02. The van der Waals surface area contributed by atoms with Crippen molar-refractivity contribution in [2.45, 2.75) is 26.4 Å². The lowest BCUT2D eigenvalue weighted by molar-refractivity contribution is 0.0476. The van der Waals surface area contributed by atoms with Gasteiger partial charge in [0.25, 0.3) is 0 Å². The number of aliphatic hydroxyl groups is 1. The number of likely N-dealkylation sites (N-methyl/N-ethyl adjacent to an activating group) is 1. The molecule has 0 radical (unpaired) electrons. The highest BCUT2D eigenvalue weighted by molar-refractivity contribution is 4.75. The smallest absolute Gasteiger partial charge is 0.0670 e. The number of rotatable bonds is 1. The highest BCUT2D eigenvalue weighted by Crippen LogP contribution is 2.15. The maximum Gasteiger partial charge on any atom is 0.0670 e. The summed E-state index contributed by atoms with van der Waals surface area (Å²) >= 11 is 0. The van der Waals surface area contributed by atoms with Crippen LogP contribution in [0.1, 0.15) is 20.3 Å². The third-order valence-corrected chi connectivity index (χ3v) is 2.16. The Bertz CT molecular complexity index is 95.4. The maximum atomic E-state index is 9.34. The Morgan fingerprint density at radius 3 is 2.70 bits per heavy atom. The molecule has 0 spiro atoms. The van der Waals surface area contributed by atoms with Crippen molar-refractivity contribution < 1.29 is 5.11 Å². The fraction of sp³-hybridized carbons (Fsp3) is 1.00. The number of hydrogen-bond donors (Lipinski definition) is 1. The predicted molar refractivity (Wildman–Crippen MR) is 41.9 cm³/mol. The highest BCUT2D eigenvalue weighted by atomic mass is 16.3. The van der Waals surface area contributed by atoms with Gasteiger partial charge in [0.1, 0.15) is 0 Å². The second-order valence-electron chi connectivity index (χ2n) is 3.35. The van der Waals surface area contributed by atoms with Crippen molar-refractivity contribution in [3.05, 3.63) is 0 Å². The van der Waals surface area contributed by atoms with E-state index in [2.05, 4.69) is 18.7 Å². The molecule has 10 heavy (non-hydrogen) atoms. The molecule has 2 nitrogen and oxygen atoms in total. The van der Waals surface area contributed by atoms with Crippen molar-refractivity contribution >= 4 is 0 Å². The molecule has 0 amide bonds. The largest absolute Gasteiger partial charge is 0.392 e. The average Bonchev–Trinajstić information content (AvgIpc) is 1.85. The normalized spacial score (nSPS) is 36.3. The van der Waals surface area contributed by atoms with Gasteiger partial charge in [-0.25, -0.2) is 0 Å². The molecule has 1 aliphatic heterocycles. The van der Waals surface area contributed by atoms with E-state index in [0.717, 1.165) is 26.1 Å². The molecule has 0 aromatic carbocycles. The summed E-state index contributed by atoms with van der Waals surface area (Å²) in [6.07, 6.45) is 0.903. The van der Waals surface area contributed by atoms with Crippen LogP contribution in [-0.4, -0.2) is 35.7 Å². The first-order valence-electron chi connectivity index (χ1n) is 4.12. The SMILES string of the molecule is CCN1C[C@@H](C)C[C@@H](O)C1. The van der Waals surface area contributed by atoms with Gasteiger partial charge >= 0.3 is 0 Å². The van der Waals surface area contributed by atoms with Gasteiger partial charge in [0.2, 0.25) is 0 Å². The predicted octanol–water partition coefficient (Wildman–Crippen LogP) is 0.709. The first-order chi connectivity index (χ1) is 4.72. The summed E-state index contributed by atoms with van der Waals surface area (Å²) in [6, 6.07) is 0. The zero-order valence-corrected chi connectivity index (χ0v) is 6.88. The van der Waals surface area contributed by atoms with Gasteiger partial charge in [-0.05, 0) is 18.9 Å². The van der Waals surface area contributed by atoms with E-state index in [9.17, 15) is 5.11 Å². The van der Waals surface area contributed by atoms with Crippen LogP contribution in [0, 0.1) is 5.92 Å². The Labute approximate surface area is 62.8 Å². The van der Waals surface area contributed by atoms with Crippen molar-refractivity contribution in [1.29, 1.82) is 0 Å². The highest BCUT2D eigenvalue weighted by Gasteiger charge is 2.21. The van der Waals surface area contributed by atoms with E-state index in [1.165, 1.54) is 0 Å². The number of aliphatic hydroxyl groups excluding tert-OH is 1. The molecular formula is C8H17NO. The van der Waals surface area contributed by atoms with E-state index in [-0.39, 0.29) is 6.10 Å². The molecule has 0 unspecified atom stereocenters. The number of nitrogens with zero attached hydrogens (tertiary/aromatic N) is 1.